The average Bonchev–Trinajstić information content (AvgIpc) is 2.30. The fourth-order valence-corrected chi connectivity index (χ4v) is 1.52. The largest absolute Gasteiger partial charge is 0.497 e. The molecule has 3 nitrogen and oxygen atoms in total. The molecule has 0 heterocycles. The molecule has 0 fully saturated rings. The Labute approximate surface area is 95.8 Å². The molecule has 0 radical (unpaired) electrons. The number of hydrogen-bond donors (Lipinski definition) is 2. The van der Waals surface area contributed by atoms with Gasteiger partial charge < -0.3 is 14.8 Å². The lowest BCUT2D eigenvalue weighted by Crippen LogP contribution is -2.31. The first-order valence-electron chi connectivity index (χ1n) is 4.97. The summed E-state index contributed by atoms with van der Waals surface area (Å²) in [7, 11) is -0.0527. The number of ether oxygens (including phenoxy) is 1. The van der Waals surface area contributed by atoms with Crippen molar-refractivity contribution < 1.29 is 14.8 Å². The lowest BCUT2D eigenvalue weighted by atomic mass is 9.78. The van der Waals surface area contributed by atoms with Crippen molar-refractivity contribution in [2.45, 2.75) is 6.92 Å². The lowest BCUT2D eigenvalue weighted by Gasteiger charge is -2.10. The molecular weight excluding hydrogens is 203 g/mol. The molecule has 0 amide bonds. The van der Waals surface area contributed by atoms with Gasteiger partial charge in [-0.05, 0) is 24.1 Å². The minimum atomic E-state index is -1.54. The van der Waals surface area contributed by atoms with Gasteiger partial charge in [0.05, 0.1) is 7.11 Å². The fraction of sp³-hybridized carbons (Fsp3) is 0.167. The van der Waals surface area contributed by atoms with E-state index < -0.39 is 7.12 Å². The molecule has 0 atom stereocenters. The van der Waals surface area contributed by atoms with Crippen LogP contribution in [-0.4, -0.2) is 24.3 Å². The minimum Gasteiger partial charge on any atom is -0.497 e. The predicted molar refractivity (Wildman–Crippen MR) is 66.7 cm³/mol. The molecule has 84 valence electrons. The van der Waals surface area contributed by atoms with Gasteiger partial charge in [-0.1, -0.05) is 30.9 Å². The van der Waals surface area contributed by atoms with Crippen LogP contribution in [0.15, 0.2) is 36.9 Å². The van der Waals surface area contributed by atoms with Crippen molar-refractivity contribution in [2.75, 3.05) is 7.11 Å². The molecule has 1 aromatic rings. The van der Waals surface area contributed by atoms with Crippen LogP contribution in [0.5, 0.6) is 5.75 Å². The van der Waals surface area contributed by atoms with Crippen LogP contribution in [0.3, 0.4) is 0 Å². The molecular formula is C12H15BO3. The van der Waals surface area contributed by atoms with E-state index in [2.05, 4.69) is 6.58 Å². The fourth-order valence-electron chi connectivity index (χ4n) is 1.52. The standard InChI is InChI=1S/C12H15BO3/c1-4-9(5-2)10-6-7-12(16-3)11(8-10)13(14)15/h4-8,14-15H,1H2,2-3H3/b9-5+. The summed E-state index contributed by atoms with van der Waals surface area (Å²) in [4.78, 5) is 0. The van der Waals surface area contributed by atoms with Gasteiger partial charge in [0.1, 0.15) is 5.75 Å². The molecule has 0 bridgehead atoms. The number of rotatable bonds is 4. The molecule has 2 N–H and O–H groups in total. The summed E-state index contributed by atoms with van der Waals surface area (Å²) in [5.41, 5.74) is 2.16. The van der Waals surface area contributed by atoms with Crippen molar-refractivity contribution in [3.05, 3.63) is 42.5 Å². The van der Waals surface area contributed by atoms with Gasteiger partial charge in [0, 0.05) is 5.46 Å². The first-order valence-corrected chi connectivity index (χ1v) is 4.97. The van der Waals surface area contributed by atoms with Crippen molar-refractivity contribution in [3.63, 3.8) is 0 Å². The molecule has 0 saturated heterocycles. The first kappa shape index (κ1) is 12.6. The molecule has 0 aromatic heterocycles. The molecule has 0 aliphatic heterocycles. The van der Waals surface area contributed by atoms with Gasteiger partial charge in [0.25, 0.3) is 0 Å². The van der Waals surface area contributed by atoms with E-state index in [1.54, 1.807) is 18.2 Å². The molecule has 4 heteroatoms. The van der Waals surface area contributed by atoms with Crippen LogP contribution in [0.25, 0.3) is 5.57 Å². The number of benzene rings is 1. The topological polar surface area (TPSA) is 49.7 Å². The van der Waals surface area contributed by atoms with Gasteiger partial charge in [-0.15, -0.1) is 0 Å². The minimum absolute atomic E-state index is 0.348. The van der Waals surface area contributed by atoms with Gasteiger partial charge in [0.2, 0.25) is 0 Å². The Bertz CT molecular complexity index is 411. The summed E-state index contributed by atoms with van der Waals surface area (Å²) < 4.78 is 5.04. The van der Waals surface area contributed by atoms with Crippen molar-refractivity contribution in [2.24, 2.45) is 0 Å². The third-order valence-corrected chi connectivity index (χ3v) is 2.37. The SMILES string of the molecule is C=C/C(=C\C)c1ccc(OC)c(B(O)O)c1. The second-order valence-corrected chi connectivity index (χ2v) is 3.28. The van der Waals surface area contributed by atoms with Gasteiger partial charge in [-0.25, -0.2) is 0 Å². The van der Waals surface area contributed by atoms with E-state index >= 15 is 0 Å². The van der Waals surface area contributed by atoms with E-state index in [0.717, 1.165) is 11.1 Å². The van der Waals surface area contributed by atoms with E-state index in [4.69, 9.17) is 4.74 Å². The second kappa shape index (κ2) is 5.54. The average molecular weight is 218 g/mol. The van der Waals surface area contributed by atoms with Gasteiger partial charge in [-0.2, -0.15) is 0 Å². The summed E-state index contributed by atoms with van der Waals surface area (Å²) in [6.45, 7) is 5.60. The molecule has 0 saturated carbocycles. The van der Waals surface area contributed by atoms with Gasteiger partial charge >= 0.3 is 7.12 Å². The molecule has 1 aromatic carbocycles. The van der Waals surface area contributed by atoms with Crippen LogP contribution < -0.4 is 10.2 Å². The predicted octanol–water partition coefficient (Wildman–Crippen LogP) is 0.964. The van der Waals surface area contributed by atoms with Crippen LogP contribution in [0.1, 0.15) is 12.5 Å². The van der Waals surface area contributed by atoms with E-state index in [9.17, 15) is 10.0 Å². The maximum Gasteiger partial charge on any atom is 0.492 e. The highest BCUT2D eigenvalue weighted by Gasteiger charge is 2.17. The van der Waals surface area contributed by atoms with Crippen LogP contribution >= 0.6 is 0 Å². The van der Waals surface area contributed by atoms with Gasteiger partial charge in [-0.3, -0.25) is 0 Å². The third-order valence-electron chi connectivity index (χ3n) is 2.37. The highest BCUT2D eigenvalue weighted by atomic mass is 16.5. The summed E-state index contributed by atoms with van der Waals surface area (Å²) in [5, 5.41) is 18.4. The van der Waals surface area contributed by atoms with Crippen molar-refractivity contribution in [3.8, 4) is 5.75 Å². The maximum atomic E-state index is 9.22. The highest BCUT2D eigenvalue weighted by molar-refractivity contribution is 6.59. The Morgan fingerprint density at radius 3 is 2.56 bits per heavy atom. The molecule has 0 unspecified atom stereocenters. The van der Waals surface area contributed by atoms with E-state index in [0.29, 0.717) is 11.2 Å². The van der Waals surface area contributed by atoms with E-state index in [1.165, 1.54) is 7.11 Å². The molecule has 0 aliphatic rings. The Kier molecular flexibility index (Phi) is 4.34. The Balaban J connectivity index is 3.26. The third kappa shape index (κ3) is 2.54. The first-order chi connectivity index (χ1) is 7.63. The molecule has 0 aliphatic carbocycles. The highest BCUT2D eigenvalue weighted by Crippen LogP contribution is 2.18. The smallest absolute Gasteiger partial charge is 0.492 e. The summed E-state index contributed by atoms with van der Waals surface area (Å²) in [5.74, 6) is 0.457. The Hall–Kier alpha value is -1.52. The summed E-state index contributed by atoms with van der Waals surface area (Å²) >= 11 is 0. The molecule has 16 heavy (non-hydrogen) atoms. The van der Waals surface area contributed by atoms with E-state index in [1.807, 2.05) is 19.1 Å². The Morgan fingerprint density at radius 2 is 2.12 bits per heavy atom. The normalized spacial score (nSPS) is 11.1. The second-order valence-electron chi connectivity index (χ2n) is 3.28. The summed E-state index contributed by atoms with van der Waals surface area (Å²) in [6, 6.07) is 5.24. The van der Waals surface area contributed by atoms with Crippen LogP contribution in [0, 0.1) is 0 Å². The van der Waals surface area contributed by atoms with Crippen molar-refractivity contribution in [1.29, 1.82) is 0 Å². The number of hydrogen-bond acceptors (Lipinski definition) is 3. The zero-order valence-corrected chi connectivity index (χ0v) is 9.47. The van der Waals surface area contributed by atoms with Gasteiger partial charge in [0.15, 0.2) is 0 Å². The Morgan fingerprint density at radius 1 is 1.44 bits per heavy atom. The van der Waals surface area contributed by atoms with Crippen LogP contribution in [0.2, 0.25) is 0 Å². The van der Waals surface area contributed by atoms with Crippen LogP contribution in [-0.2, 0) is 0 Å². The zero-order chi connectivity index (χ0) is 12.1. The number of allylic oxidation sites excluding steroid dienone is 3. The van der Waals surface area contributed by atoms with Crippen molar-refractivity contribution >= 4 is 18.2 Å². The molecule has 1 rings (SSSR count). The van der Waals surface area contributed by atoms with Crippen LogP contribution in [0.4, 0.5) is 0 Å². The maximum absolute atomic E-state index is 9.22. The quantitative estimate of drug-likeness (QED) is 0.584. The monoisotopic (exact) mass is 218 g/mol. The van der Waals surface area contributed by atoms with E-state index in [-0.39, 0.29) is 0 Å². The summed E-state index contributed by atoms with van der Waals surface area (Å²) in [6.07, 6.45) is 3.62. The lowest BCUT2D eigenvalue weighted by molar-refractivity contribution is 0.403. The zero-order valence-electron chi connectivity index (χ0n) is 9.47. The van der Waals surface area contributed by atoms with Crippen molar-refractivity contribution in [1.82, 2.24) is 0 Å². The molecule has 0 spiro atoms. The number of methoxy groups -OCH3 is 1.